The van der Waals surface area contributed by atoms with Gasteiger partial charge in [-0.1, -0.05) is 90.7 Å². The van der Waals surface area contributed by atoms with E-state index in [-0.39, 0.29) is 48.2 Å². The van der Waals surface area contributed by atoms with Gasteiger partial charge < -0.3 is 28.7 Å². The molecule has 0 aromatic carbocycles. The Labute approximate surface area is 351 Å². The van der Waals surface area contributed by atoms with Gasteiger partial charge in [0.25, 0.3) is 0 Å². The van der Waals surface area contributed by atoms with Gasteiger partial charge in [-0.15, -0.1) is 0 Å². The SMILES string of the molecule is CCCCCCOC(=O)C(C)(CC)CC(CC(C)OC(C)=O)N1CCCC1=S.CCCCCCOC(=O)C(C)(CC)CC(CC(C)OC(C)=O)N1CCCC1=S. The molecule has 0 aliphatic carbocycles. The Kier molecular flexibility index (Phi) is 25.3. The topological polar surface area (TPSA) is 112 Å². The fourth-order valence-electron chi connectivity index (χ4n) is 7.70. The lowest BCUT2D eigenvalue weighted by Crippen LogP contribution is -2.44. The van der Waals surface area contributed by atoms with Crippen LogP contribution in [-0.2, 0) is 38.1 Å². The van der Waals surface area contributed by atoms with E-state index in [1.165, 1.54) is 39.5 Å². The van der Waals surface area contributed by atoms with E-state index in [1.54, 1.807) is 0 Å². The fraction of sp³-hybridized carbons (Fsp3) is 0.864. The van der Waals surface area contributed by atoms with Crippen LogP contribution in [0.25, 0.3) is 0 Å². The Hall–Kier alpha value is -2.34. The monoisotopic (exact) mass is 827 g/mol. The van der Waals surface area contributed by atoms with E-state index in [2.05, 4.69) is 23.6 Å². The first-order valence-corrected chi connectivity index (χ1v) is 22.6. The second-order valence-electron chi connectivity index (χ2n) is 16.6. The fourth-order valence-corrected chi connectivity index (χ4v) is 8.47. The summed E-state index contributed by atoms with van der Waals surface area (Å²) in [5, 5.41) is 0. The number of rotatable bonds is 26. The summed E-state index contributed by atoms with van der Waals surface area (Å²) in [6.07, 6.45) is 16.3. The van der Waals surface area contributed by atoms with Crippen molar-refractivity contribution in [2.24, 2.45) is 10.8 Å². The molecule has 6 unspecified atom stereocenters. The van der Waals surface area contributed by atoms with E-state index in [0.717, 1.165) is 74.4 Å². The summed E-state index contributed by atoms with van der Waals surface area (Å²) in [5.74, 6) is -0.802. The summed E-state index contributed by atoms with van der Waals surface area (Å²) < 4.78 is 22.0. The smallest absolute Gasteiger partial charge is 0.311 e. The molecular weight excluding hydrogens is 749 g/mol. The maximum absolute atomic E-state index is 12.9. The van der Waals surface area contributed by atoms with Crippen LogP contribution in [0.5, 0.6) is 0 Å². The number of ether oxygens (including phenoxy) is 4. The van der Waals surface area contributed by atoms with Crippen molar-refractivity contribution in [2.75, 3.05) is 26.3 Å². The van der Waals surface area contributed by atoms with Crippen molar-refractivity contribution >= 4 is 58.3 Å². The number of carbonyl (C=O) groups is 4. The number of thiocarbonyl (C=S) groups is 2. The van der Waals surface area contributed by atoms with Gasteiger partial charge in [0.2, 0.25) is 0 Å². The lowest BCUT2D eigenvalue weighted by molar-refractivity contribution is -0.157. The summed E-state index contributed by atoms with van der Waals surface area (Å²) in [6.45, 7) is 21.8. The highest BCUT2D eigenvalue weighted by atomic mass is 32.1. The first-order chi connectivity index (χ1) is 26.5. The molecule has 0 spiro atoms. The van der Waals surface area contributed by atoms with Gasteiger partial charge in [-0.25, -0.2) is 0 Å². The molecule has 2 heterocycles. The number of esters is 4. The second kappa shape index (κ2) is 27.4. The van der Waals surface area contributed by atoms with Gasteiger partial charge in [0.1, 0.15) is 12.2 Å². The van der Waals surface area contributed by atoms with Gasteiger partial charge in [0.05, 0.1) is 34.0 Å². The average molecular weight is 827 g/mol. The molecule has 0 amide bonds. The summed E-state index contributed by atoms with van der Waals surface area (Å²) in [5.41, 5.74) is -1.13. The number of unbranched alkanes of at least 4 members (excludes halogenated alkanes) is 6. The van der Waals surface area contributed by atoms with E-state index in [1.807, 2.05) is 41.5 Å². The zero-order valence-corrected chi connectivity index (χ0v) is 38.5. The van der Waals surface area contributed by atoms with E-state index in [4.69, 9.17) is 43.4 Å². The normalized spacial score (nSPS) is 18.5. The lowest BCUT2D eigenvalue weighted by Gasteiger charge is -2.37. The quantitative estimate of drug-likeness (QED) is 0.0358. The van der Waals surface area contributed by atoms with Crippen LogP contribution in [-0.4, -0.2) is 94.2 Å². The van der Waals surface area contributed by atoms with Crippen LogP contribution in [0.1, 0.15) is 185 Å². The first kappa shape index (κ1) is 51.7. The van der Waals surface area contributed by atoms with Gasteiger partial charge in [-0.2, -0.15) is 0 Å². The molecule has 2 rings (SSSR count). The number of hydrogen-bond acceptors (Lipinski definition) is 10. The highest BCUT2D eigenvalue weighted by molar-refractivity contribution is 7.80. The predicted octanol–water partition coefficient (Wildman–Crippen LogP) is 10.1. The Bertz CT molecular complexity index is 1140. The largest absolute Gasteiger partial charge is 0.465 e. The van der Waals surface area contributed by atoms with Crippen molar-refractivity contribution in [3.05, 3.63) is 0 Å². The molecule has 0 aromatic heterocycles. The first-order valence-electron chi connectivity index (χ1n) is 21.7. The molecule has 0 bridgehead atoms. The second-order valence-corrected chi connectivity index (χ2v) is 17.6. The van der Waals surface area contributed by atoms with Gasteiger partial charge in [-0.3, -0.25) is 19.2 Å². The zero-order chi connectivity index (χ0) is 42.3. The third-order valence-electron chi connectivity index (χ3n) is 11.4. The molecule has 6 atom stereocenters. The molecule has 12 heteroatoms. The molecule has 2 saturated heterocycles. The zero-order valence-electron chi connectivity index (χ0n) is 36.8. The maximum atomic E-state index is 12.9. The molecule has 0 N–H and O–H groups in total. The van der Waals surface area contributed by atoms with Crippen LogP contribution in [0.3, 0.4) is 0 Å². The average Bonchev–Trinajstić information content (AvgIpc) is 3.77. The van der Waals surface area contributed by atoms with Crippen molar-refractivity contribution in [2.45, 2.75) is 209 Å². The standard InChI is InChI=1S/2C22H39NO4S/c2*1-6-8-9-10-14-26-21(25)22(5,7-2)16-19(15-17(3)27-18(4)24)23-13-11-12-20(23)28/h2*17,19H,6-16H2,1-5H3. The highest BCUT2D eigenvalue weighted by Gasteiger charge is 2.41. The summed E-state index contributed by atoms with van der Waals surface area (Å²) in [7, 11) is 0. The molecule has 2 aliphatic rings. The van der Waals surface area contributed by atoms with Gasteiger partial charge in [-0.05, 0) is 91.9 Å². The summed E-state index contributed by atoms with van der Waals surface area (Å²) in [4.78, 5) is 54.8. The van der Waals surface area contributed by atoms with Crippen LogP contribution >= 0.6 is 24.4 Å². The molecule has 56 heavy (non-hydrogen) atoms. The van der Waals surface area contributed by atoms with E-state index in [9.17, 15) is 19.2 Å². The van der Waals surface area contributed by atoms with Crippen LogP contribution in [0, 0.1) is 10.8 Å². The molecule has 0 saturated carbocycles. The Morgan fingerprint density at radius 1 is 0.625 bits per heavy atom. The van der Waals surface area contributed by atoms with E-state index >= 15 is 0 Å². The molecular formula is C44H78N2O8S2. The predicted molar refractivity (Wildman–Crippen MR) is 233 cm³/mol. The van der Waals surface area contributed by atoms with Crippen LogP contribution < -0.4 is 0 Å². The summed E-state index contributed by atoms with van der Waals surface area (Å²) in [6, 6.07) is 0.142. The van der Waals surface area contributed by atoms with Crippen LogP contribution in [0.4, 0.5) is 0 Å². The highest BCUT2D eigenvalue weighted by Crippen LogP contribution is 2.36. The van der Waals surface area contributed by atoms with Crippen LogP contribution in [0.2, 0.25) is 0 Å². The molecule has 10 nitrogen and oxygen atoms in total. The van der Waals surface area contributed by atoms with Crippen LogP contribution in [0.15, 0.2) is 0 Å². The molecule has 0 radical (unpaired) electrons. The number of nitrogens with zero attached hydrogens (tertiary/aromatic N) is 2. The van der Waals surface area contributed by atoms with Crippen molar-refractivity contribution < 1.29 is 38.1 Å². The molecule has 2 aliphatic heterocycles. The third kappa shape index (κ3) is 18.9. The molecule has 0 aromatic rings. The van der Waals surface area contributed by atoms with Crippen molar-refractivity contribution in [1.29, 1.82) is 0 Å². The minimum atomic E-state index is -0.566. The Morgan fingerprint density at radius 3 is 1.25 bits per heavy atom. The molecule has 324 valence electrons. The van der Waals surface area contributed by atoms with Crippen molar-refractivity contribution in [3.8, 4) is 0 Å². The number of likely N-dealkylation sites (tertiary alicyclic amines) is 2. The van der Waals surface area contributed by atoms with E-state index < -0.39 is 10.8 Å². The minimum Gasteiger partial charge on any atom is -0.465 e. The van der Waals surface area contributed by atoms with E-state index in [0.29, 0.717) is 51.7 Å². The maximum Gasteiger partial charge on any atom is 0.311 e. The minimum absolute atomic E-state index is 0.0712. The van der Waals surface area contributed by atoms with Gasteiger partial charge in [0.15, 0.2) is 0 Å². The summed E-state index contributed by atoms with van der Waals surface area (Å²) >= 11 is 11.1. The van der Waals surface area contributed by atoms with Crippen molar-refractivity contribution in [1.82, 2.24) is 9.80 Å². The third-order valence-corrected chi connectivity index (χ3v) is 12.3. The van der Waals surface area contributed by atoms with Crippen molar-refractivity contribution in [3.63, 3.8) is 0 Å². The van der Waals surface area contributed by atoms with Gasteiger partial charge >= 0.3 is 23.9 Å². The lowest BCUT2D eigenvalue weighted by atomic mass is 9.79. The Morgan fingerprint density at radius 2 is 0.982 bits per heavy atom. The van der Waals surface area contributed by atoms with Gasteiger partial charge in [0, 0.05) is 51.9 Å². The number of carbonyl (C=O) groups excluding carboxylic acids is 4. The number of hydrogen-bond donors (Lipinski definition) is 0. The molecule has 2 fully saturated rings. The Balaban J connectivity index is 0.000000560.